The second kappa shape index (κ2) is 9.79. The third-order valence-electron chi connectivity index (χ3n) is 6.08. The zero-order valence-electron chi connectivity index (χ0n) is 19.1. The Bertz CT molecular complexity index is 1280. The minimum Gasteiger partial charge on any atom is -0.497 e. The van der Waals surface area contributed by atoms with Gasteiger partial charge >= 0.3 is 0 Å². The topological polar surface area (TPSA) is 67.8 Å². The van der Waals surface area contributed by atoms with Gasteiger partial charge in [-0.1, -0.05) is 48.5 Å². The molecule has 7 heteroatoms. The average Bonchev–Trinajstić information content (AvgIpc) is 2.92. The number of anilines is 1. The van der Waals surface area contributed by atoms with Crippen molar-refractivity contribution in [3.05, 3.63) is 78.9 Å². The van der Waals surface area contributed by atoms with Crippen LogP contribution >= 0.6 is 0 Å². The lowest BCUT2D eigenvalue weighted by molar-refractivity contribution is -0.133. The average molecular weight is 455 g/mol. The van der Waals surface area contributed by atoms with Gasteiger partial charge in [0, 0.05) is 37.8 Å². The largest absolute Gasteiger partial charge is 0.497 e. The van der Waals surface area contributed by atoms with Crippen molar-refractivity contribution < 1.29 is 14.3 Å². The predicted molar refractivity (Wildman–Crippen MR) is 132 cm³/mol. The number of carbonyl (C=O) groups is 1. The van der Waals surface area contributed by atoms with Crippen LogP contribution in [0.1, 0.15) is 0 Å². The minimum absolute atomic E-state index is 0.00665. The molecule has 0 radical (unpaired) electrons. The summed E-state index contributed by atoms with van der Waals surface area (Å²) in [6.07, 6.45) is 0. The van der Waals surface area contributed by atoms with Crippen LogP contribution in [0, 0.1) is 0 Å². The van der Waals surface area contributed by atoms with Crippen LogP contribution in [0.15, 0.2) is 78.9 Å². The van der Waals surface area contributed by atoms with Crippen LogP contribution < -0.4 is 14.4 Å². The molecule has 0 bridgehead atoms. The number of ether oxygens (including phenoxy) is 2. The molecule has 0 aliphatic carbocycles. The molecule has 0 spiro atoms. The van der Waals surface area contributed by atoms with E-state index in [0.717, 1.165) is 22.5 Å². The third-order valence-corrected chi connectivity index (χ3v) is 6.08. The minimum atomic E-state index is -0.0279. The van der Waals surface area contributed by atoms with E-state index in [1.54, 1.807) is 13.2 Å². The van der Waals surface area contributed by atoms with Gasteiger partial charge in [0.25, 0.3) is 5.91 Å². The summed E-state index contributed by atoms with van der Waals surface area (Å²) in [5, 5.41) is 11.3. The number of rotatable bonds is 6. The Hall–Kier alpha value is -4.13. The molecule has 3 aromatic carbocycles. The molecule has 1 saturated heterocycles. The number of amides is 1. The van der Waals surface area contributed by atoms with Gasteiger partial charge in [0.05, 0.1) is 12.8 Å². The van der Waals surface area contributed by atoms with E-state index in [9.17, 15) is 4.79 Å². The molecule has 1 amide bonds. The van der Waals surface area contributed by atoms with Crippen molar-refractivity contribution in [2.75, 3.05) is 44.8 Å². The molecular formula is C27H26N4O3. The van der Waals surface area contributed by atoms with Gasteiger partial charge in [-0.2, -0.15) is 0 Å². The number of methoxy groups -OCH3 is 1. The summed E-state index contributed by atoms with van der Waals surface area (Å²) in [5.74, 6) is 2.11. The van der Waals surface area contributed by atoms with E-state index in [1.165, 1.54) is 5.39 Å². The number of carbonyl (C=O) groups excluding carboxylic acids is 1. The first-order valence-electron chi connectivity index (χ1n) is 11.3. The summed E-state index contributed by atoms with van der Waals surface area (Å²) < 4.78 is 10.8. The van der Waals surface area contributed by atoms with Gasteiger partial charge in [-0.05, 0) is 35.0 Å². The van der Waals surface area contributed by atoms with Gasteiger partial charge < -0.3 is 19.3 Å². The molecule has 5 rings (SSSR count). The molecule has 4 aromatic rings. The van der Waals surface area contributed by atoms with Crippen molar-refractivity contribution in [1.29, 1.82) is 0 Å². The van der Waals surface area contributed by atoms with E-state index in [1.807, 2.05) is 53.4 Å². The highest BCUT2D eigenvalue weighted by Gasteiger charge is 2.22. The maximum Gasteiger partial charge on any atom is 0.260 e. The van der Waals surface area contributed by atoms with Crippen molar-refractivity contribution in [3.8, 4) is 22.8 Å². The predicted octanol–water partition coefficient (Wildman–Crippen LogP) is 4.03. The molecular weight excluding hydrogens is 428 g/mol. The maximum atomic E-state index is 12.6. The molecule has 0 unspecified atom stereocenters. The fraction of sp³-hybridized carbons (Fsp3) is 0.222. The molecule has 0 saturated carbocycles. The number of fused-ring (bicyclic) bond motifs is 1. The van der Waals surface area contributed by atoms with E-state index >= 15 is 0 Å². The molecule has 0 N–H and O–H groups in total. The molecule has 34 heavy (non-hydrogen) atoms. The fourth-order valence-electron chi connectivity index (χ4n) is 4.20. The lowest BCUT2D eigenvalue weighted by Crippen LogP contribution is -2.50. The summed E-state index contributed by atoms with van der Waals surface area (Å²) >= 11 is 0. The summed E-state index contributed by atoms with van der Waals surface area (Å²) in [5.41, 5.74) is 1.92. The quantitative estimate of drug-likeness (QED) is 0.438. The van der Waals surface area contributed by atoms with Crippen molar-refractivity contribution in [2.45, 2.75) is 0 Å². The van der Waals surface area contributed by atoms with Gasteiger partial charge in [0.15, 0.2) is 12.4 Å². The van der Waals surface area contributed by atoms with Gasteiger partial charge in [0.2, 0.25) is 0 Å². The first-order valence-corrected chi connectivity index (χ1v) is 11.3. The smallest absolute Gasteiger partial charge is 0.260 e. The number of benzene rings is 3. The molecule has 2 heterocycles. The zero-order valence-corrected chi connectivity index (χ0v) is 19.1. The standard InChI is InChI=1S/C27H26N4O3/c1-33-21-8-5-9-22(18-21)34-19-27(32)31-16-14-30(15-17-31)26-13-12-25(28-29-26)24-11-4-7-20-6-2-3-10-23(20)24/h2-13,18H,14-17,19H2,1H3. The second-order valence-corrected chi connectivity index (χ2v) is 8.14. The molecule has 0 atom stereocenters. The van der Waals surface area contributed by atoms with Crippen molar-refractivity contribution >= 4 is 22.5 Å². The Labute approximate surface area is 198 Å². The van der Waals surface area contributed by atoms with Gasteiger partial charge in [-0.15, -0.1) is 10.2 Å². The zero-order chi connectivity index (χ0) is 23.3. The Kier molecular flexibility index (Phi) is 6.25. The number of aromatic nitrogens is 2. The maximum absolute atomic E-state index is 12.6. The third kappa shape index (κ3) is 4.64. The number of piperazine rings is 1. The first kappa shape index (κ1) is 21.7. The highest BCUT2D eigenvalue weighted by Crippen LogP contribution is 2.27. The molecule has 7 nitrogen and oxygen atoms in total. The van der Waals surface area contributed by atoms with Crippen LogP contribution in [-0.4, -0.2) is 60.9 Å². The first-order chi connectivity index (χ1) is 16.7. The van der Waals surface area contributed by atoms with E-state index < -0.39 is 0 Å². The van der Waals surface area contributed by atoms with Crippen molar-refractivity contribution in [3.63, 3.8) is 0 Å². The lowest BCUT2D eigenvalue weighted by atomic mass is 10.0. The monoisotopic (exact) mass is 454 g/mol. The van der Waals surface area contributed by atoms with Gasteiger partial charge in [-0.3, -0.25) is 4.79 Å². The summed E-state index contributed by atoms with van der Waals surface area (Å²) in [4.78, 5) is 16.6. The fourth-order valence-corrected chi connectivity index (χ4v) is 4.20. The van der Waals surface area contributed by atoms with E-state index in [2.05, 4.69) is 39.4 Å². The highest BCUT2D eigenvalue weighted by molar-refractivity contribution is 5.95. The Morgan fingerprint density at radius 3 is 2.41 bits per heavy atom. The SMILES string of the molecule is COc1cccc(OCC(=O)N2CCN(c3ccc(-c4cccc5ccccc45)nn3)CC2)c1. The Morgan fingerprint density at radius 1 is 0.853 bits per heavy atom. The summed E-state index contributed by atoms with van der Waals surface area (Å²) in [7, 11) is 1.60. The summed E-state index contributed by atoms with van der Waals surface area (Å²) in [6, 6.07) is 25.8. The second-order valence-electron chi connectivity index (χ2n) is 8.14. The number of hydrogen-bond donors (Lipinski definition) is 0. The van der Waals surface area contributed by atoms with Crippen molar-refractivity contribution in [1.82, 2.24) is 15.1 Å². The molecule has 172 valence electrons. The van der Waals surface area contributed by atoms with E-state index in [4.69, 9.17) is 9.47 Å². The van der Waals surface area contributed by atoms with Crippen LogP contribution in [0.25, 0.3) is 22.0 Å². The number of hydrogen-bond acceptors (Lipinski definition) is 6. The normalized spacial score (nSPS) is 13.7. The van der Waals surface area contributed by atoms with Crippen LogP contribution in [0.4, 0.5) is 5.82 Å². The van der Waals surface area contributed by atoms with Gasteiger partial charge in [-0.25, -0.2) is 0 Å². The number of nitrogens with zero attached hydrogens (tertiary/aromatic N) is 4. The molecule has 1 aromatic heterocycles. The van der Waals surface area contributed by atoms with Crippen LogP contribution in [0.3, 0.4) is 0 Å². The Balaban J connectivity index is 1.18. The Morgan fingerprint density at radius 2 is 1.62 bits per heavy atom. The lowest BCUT2D eigenvalue weighted by Gasteiger charge is -2.35. The van der Waals surface area contributed by atoms with E-state index in [0.29, 0.717) is 37.7 Å². The molecule has 1 aliphatic rings. The van der Waals surface area contributed by atoms with E-state index in [-0.39, 0.29) is 12.5 Å². The van der Waals surface area contributed by atoms with Crippen molar-refractivity contribution in [2.24, 2.45) is 0 Å². The highest BCUT2D eigenvalue weighted by atomic mass is 16.5. The summed E-state index contributed by atoms with van der Waals surface area (Å²) in [6.45, 7) is 2.65. The van der Waals surface area contributed by atoms with Gasteiger partial charge in [0.1, 0.15) is 11.5 Å². The molecule has 1 aliphatic heterocycles. The van der Waals surface area contributed by atoms with Crippen LogP contribution in [0.2, 0.25) is 0 Å². The van der Waals surface area contributed by atoms with Crippen LogP contribution in [0.5, 0.6) is 11.5 Å². The van der Waals surface area contributed by atoms with Crippen LogP contribution in [-0.2, 0) is 4.79 Å². The molecule has 1 fully saturated rings.